The van der Waals surface area contributed by atoms with Gasteiger partial charge in [0.2, 0.25) is 11.8 Å². The first-order valence-electron chi connectivity index (χ1n) is 14.2. The number of thiophene rings is 1. The number of nitrogens with zero attached hydrogens (tertiary/aromatic N) is 1. The fourth-order valence-corrected chi connectivity index (χ4v) is 6.89. The molecule has 1 aromatic heterocycles. The van der Waals surface area contributed by atoms with Crippen molar-refractivity contribution in [2.45, 2.75) is 37.1 Å². The lowest BCUT2D eigenvalue weighted by Crippen LogP contribution is -2.49. The number of alkyl halides is 2. The third-order valence-electron chi connectivity index (χ3n) is 8.32. The highest BCUT2D eigenvalue weighted by Crippen LogP contribution is 2.52. The second kappa shape index (κ2) is 11.5. The summed E-state index contributed by atoms with van der Waals surface area (Å²) in [5.41, 5.74) is 6.31. The summed E-state index contributed by atoms with van der Waals surface area (Å²) in [7, 11) is 1.40. The largest absolute Gasteiger partial charge is 0.497 e. The van der Waals surface area contributed by atoms with E-state index >= 15 is 8.78 Å². The fraction of sp³-hybridized carbons (Fsp3) is 0.355. The van der Waals surface area contributed by atoms with Crippen LogP contribution >= 0.6 is 11.3 Å². The molecule has 3 heterocycles. The van der Waals surface area contributed by atoms with Gasteiger partial charge in [-0.25, -0.2) is 0 Å². The molecule has 0 saturated carbocycles. The van der Waals surface area contributed by atoms with E-state index in [1.807, 2.05) is 0 Å². The number of halogens is 2. The summed E-state index contributed by atoms with van der Waals surface area (Å²) in [5, 5.41) is 14.8. The number of nitrogens with one attached hydrogen (secondary N) is 3. The maximum Gasteiger partial charge on any atom is 0.299 e. The fourth-order valence-electron chi connectivity index (χ4n) is 5.97. The first kappa shape index (κ1) is 30.6. The van der Waals surface area contributed by atoms with Crippen molar-refractivity contribution in [2.75, 3.05) is 33.4 Å². The van der Waals surface area contributed by atoms with Gasteiger partial charge in [0.05, 0.1) is 39.5 Å². The van der Waals surface area contributed by atoms with Crippen LogP contribution in [0.3, 0.4) is 0 Å². The Morgan fingerprint density at radius 2 is 1.87 bits per heavy atom. The Balaban J connectivity index is 1.15. The zero-order chi connectivity index (χ0) is 32.1. The molecule has 2 atom stereocenters. The molecule has 0 radical (unpaired) electrons. The van der Waals surface area contributed by atoms with Crippen molar-refractivity contribution in [2.24, 2.45) is 5.73 Å². The first-order chi connectivity index (χ1) is 21.4. The van der Waals surface area contributed by atoms with Crippen LogP contribution in [0.2, 0.25) is 0 Å². The summed E-state index contributed by atoms with van der Waals surface area (Å²) in [6.45, 7) is 1.98. The average molecular weight is 640 g/mol. The predicted molar refractivity (Wildman–Crippen MR) is 160 cm³/mol. The van der Waals surface area contributed by atoms with Crippen molar-refractivity contribution < 1.29 is 37.4 Å². The van der Waals surface area contributed by atoms with Crippen molar-refractivity contribution >= 4 is 34.9 Å². The van der Waals surface area contributed by atoms with E-state index in [9.17, 15) is 14.4 Å². The number of amidine groups is 1. The van der Waals surface area contributed by atoms with Crippen molar-refractivity contribution in [3.05, 3.63) is 75.0 Å². The van der Waals surface area contributed by atoms with Crippen LogP contribution in [0.1, 0.15) is 51.3 Å². The molecule has 0 unspecified atom stereocenters. The molecule has 2 fully saturated rings. The van der Waals surface area contributed by atoms with E-state index in [-0.39, 0.29) is 41.1 Å². The normalized spacial score (nSPS) is 19.6. The topological polar surface area (TPSA) is 156 Å². The van der Waals surface area contributed by atoms with Crippen LogP contribution in [-0.2, 0) is 25.0 Å². The Kier molecular flexibility index (Phi) is 7.83. The molecule has 45 heavy (non-hydrogen) atoms. The number of carbonyl (C=O) groups is 3. The van der Waals surface area contributed by atoms with E-state index in [1.165, 1.54) is 53.7 Å². The second-order valence-electron chi connectivity index (χ2n) is 11.2. The van der Waals surface area contributed by atoms with Crippen LogP contribution in [0.5, 0.6) is 5.75 Å². The summed E-state index contributed by atoms with van der Waals surface area (Å²) in [6, 6.07) is 8.65. The number of hydrogen-bond donors (Lipinski definition) is 4. The van der Waals surface area contributed by atoms with Crippen LogP contribution in [0.25, 0.3) is 11.1 Å². The molecule has 14 heteroatoms. The van der Waals surface area contributed by atoms with Crippen LogP contribution < -0.4 is 21.1 Å². The third-order valence-corrected chi connectivity index (χ3v) is 9.44. The zero-order valence-electron chi connectivity index (χ0n) is 24.4. The molecule has 2 aromatic carbocycles. The van der Waals surface area contributed by atoms with Gasteiger partial charge in [-0.3, -0.25) is 19.8 Å². The number of likely N-dealkylation sites (tertiary alicyclic amines) is 1. The van der Waals surface area contributed by atoms with Gasteiger partial charge in [-0.05, 0) is 48.4 Å². The maximum absolute atomic E-state index is 15.2. The number of hydrogen-bond acceptors (Lipinski definition) is 8. The van der Waals surface area contributed by atoms with E-state index < -0.39 is 48.1 Å². The predicted octanol–water partition coefficient (Wildman–Crippen LogP) is 3.11. The molecule has 3 aliphatic rings. The summed E-state index contributed by atoms with van der Waals surface area (Å²) in [6.07, 6.45) is 0.109. The smallest absolute Gasteiger partial charge is 0.299 e. The number of amides is 3. The van der Waals surface area contributed by atoms with E-state index in [2.05, 4.69) is 10.6 Å². The molecular formula is C31H31F2N5O6S. The minimum absolute atomic E-state index is 0.00413. The average Bonchev–Trinajstić information content (AvgIpc) is 3.82. The van der Waals surface area contributed by atoms with Gasteiger partial charge in [0.1, 0.15) is 17.6 Å². The highest BCUT2D eigenvalue weighted by molar-refractivity contribution is 7.10. The standard InChI is InChI=1S/C31H31F2N5O6S/c1-16(25-10-18(14-45-25)27(34)35)37-29(41)24-12-30(43-7-8-44-30)15-38(24)26(39)13-36-28(40)17-3-6-22-21(9-17)20-5-4-19(42-2)11-23(20)31(22,32)33/h3-6,9-11,14,16,24H,7-8,12-13,15H2,1-2H3,(H3,34,35)(H,36,40)(H,37,41)/t16-,24+/m1/s1. The number of nitrogens with two attached hydrogens (primary N) is 1. The number of methoxy groups -OCH3 is 1. The maximum atomic E-state index is 15.2. The lowest BCUT2D eigenvalue weighted by molar-refractivity contribution is -0.152. The van der Waals surface area contributed by atoms with E-state index in [1.54, 1.807) is 24.4 Å². The molecule has 0 bridgehead atoms. The van der Waals surface area contributed by atoms with Gasteiger partial charge in [0, 0.05) is 38.9 Å². The Morgan fingerprint density at radius 3 is 2.56 bits per heavy atom. The van der Waals surface area contributed by atoms with E-state index in [4.69, 9.17) is 25.4 Å². The van der Waals surface area contributed by atoms with Gasteiger partial charge >= 0.3 is 0 Å². The number of benzene rings is 2. The quantitative estimate of drug-likeness (QED) is 0.218. The van der Waals surface area contributed by atoms with Crippen molar-refractivity contribution in [3.63, 3.8) is 0 Å². The Morgan fingerprint density at radius 1 is 1.11 bits per heavy atom. The monoisotopic (exact) mass is 639 g/mol. The van der Waals surface area contributed by atoms with Crippen molar-refractivity contribution in [1.29, 1.82) is 5.41 Å². The highest BCUT2D eigenvalue weighted by atomic mass is 32.1. The summed E-state index contributed by atoms with van der Waals surface area (Å²) in [5.74, 6) is -5.76. The molecule has 2 saturated heterocycles. The van der Waals surface area contributed by atoms with Gasteiger partial charge < -0.3 is 35.5 Å². The van der Waals surface area contributed by atoms with Gasteiger partial charge in [-0.1, -0.05) is 12.1 Å². The third kappa shape index (κ3) is 5.53. The Bertz CT molecular complexity index is 1710. The molecule has 1 aliphatic carbocycles. The van der Waals surface area contributed by atoms with Crippen LogP contribution in [0.4, 0.5) is 8.78 Å². The number of ether oxygens (including phenoxy) is 3. The molecule has 3 amide bonds. The molecule has 6 rings (SSSR count). The zero-order valence-corrected chi connectivity index (χ0v) is 25.3. The summed E-state index contributed by atoms with van der Waals surface area (Å²) in [4.78, 5) is 42.1. The van der Waals surface area contributed by atoms with Gasteiger partial charge in [0.25, 0.3) is 11.8 Å². The minimum atomic E-state index is -3.26. The molecule has 1 spiro atoms. The van der Waals surface area contributed by atoms with E-state index in [0.29, 0.717) is 30.1 Å². The molecule has 2 aliphatic heterocycles. The number of carbonyl (C=O) groups excluding carboxylic acids is 3. The lowest BCUT2D eigenvalue weighted by atomic mass is 10.0. The van der Waals surface area contributed by atoms with Crippen molar-refractivity contribution in [1.82, 2.24) is 15.5 Å². The van der Waals surface area contributed by atoms with Gasteiger partial charge in [-0.2, -0.15) is 8.78 Å². The van der Waals surface area contributed by atoms with Gasteiger partial charge in [-0.15, -0.1) is 11.3 Å². The summed E-state index contributed by atoms with van der Waals surface area (Å²) >= 11 is 1.35. The van der Waals surface area contributed by atoms with Crippen LogP contribution in [-0.4, -0.2) is 73.7 Å². The first-order valence-corrected chi connectivity index (χ1v) is 15.1. The Hall–Kier alpha value is -4.40. The minimum Gasteiger partial charge on any atom is -0.497 e. The van der Waals surface area contributed by atoms with Crippen molar-refractivity contribution in [3.8, 4) is 16.9 Å². The van der Waals surface area contributed by atoms with Gasteiger partial charge in [0.15, 0.2) is 5.79 Å². The number of fused-ring (bicyclic) bond motifs is 3. The van der Waals surface area contributed by atoms with E-state index in [0.717, 1.165) is 4.88 Å². The van der Waals surface area contributed by atoms with Crippen LogP contribution in [0.15, 0.2) is 47.8 Å². The summed E-state index contributed by atoms with van der Waals surface area (Å²) < 4.78 is 47.0. The molecule has 236 valence electrons. The molecular weight excluding hydrogens is 608 g/mol. The molecule has 3 aromatic rings. The molecule has 5 N–H and O–H groups in total. The SMILES string of the molecule is COc1ccc2c(c1)C(F)(F)c1ccc(C(=O)NCC(=O)N3CC4(C[C@H]3C(=O)N[C@H](C)c3cc(C(=N)N)cs3)OCCO4)cc1-2. The lowest BCUT2D eigenvalue weighted by Gasteiger charge is -2.25. The second-order valence-corrected chi connectivity index (χ2v) is 12.1. The highest BCUT2D eigenvalue weighted by Gasteiger charge is 2.52. The van der Waals surface area contributed by atoms with Crippen LogP contribution in [0, 0.1) is 5.41 Å². The Labute approximate surface area is 261 Å². The number of nitrogen functional groups attached to an aromatic ring is 1. The number of rotatable bonds is 8. The molecule has 11 nitrogen and oxygen atoms in total.